The molecule has 0 saturated carbocycles. The van der Waals surface area contributed by atoms with Crippen molar-refractivity contribution >= 4 is 37.2 Å². The molecule has 5 heteroatoms. The van der Waals surface area contributed by atoms with Gasteiger partial charge in [0.1, 0.15) is 5.75 Å². The van der Waals surface area contributed by atoms with Crippen molar-refractivity contribution in [2.75, 3.05) is 38.6 Å². The predicted molar refractivity (Wildman–Crippen MR) is 122 cm³/mol. The van der Waals surface area contributed by atoms with Crippen LogP contribution in [0.25, 0.3) is 20.2 Å². The first kappa shape index (κ1) is 20.1. The van der Waals surface area contributed by atoms with E-state index < -0.39 is 0 Å². The Bertz CT molecular complexity index is 1060. The zero-order chi connectivity index (χ0) is 20.1. The van der Waals surface area contributed by atoms with Gasteiger partial charge in [0.25, 0.3) is 0 Å². The molecule has 0 saturated heterocycles. The maximum Gasteiger partial charge on any atom is 0.198 e. The second kappa shape index (κ2) is 9.04. The predicted octanol–water partition coefficient (Wildman–Crippen LogP) is 4.82. The molecule has 0 aliphatic carbocycles. The van der Waals surface area contributed by atoms with Crippen molar-refractivity contribution in [1.82, 2.24) is 4.90 Å². The number of nitrogens with one attached hydrogen (secondary N) is 1. The van der Waals surface area contributed by atoms with Gasteiger partial charge >= 0.3 is 0 Å². The van der Waals surface area contributed by atoms with Gasteiger partial charge in [0, 0.05) is 46.7 Å². The third kappa shape index (κ3) is 4.11. The van der Waals surface area contributed by atoms with Crippen molar-refractivity contribution in [2.45, 2.75) is 6.92 Å². The molecule has 0 aliphatic rings. The minimum Gasteiger partial charge on any atom is -0.497 e. The fourth-order valence-corrected chi connectivity index (χ4v) is 4.46. The summed E-state index contributed by atoms with van der Waals surface area (Å²) in [5.74, 6) is 0.697. The van der Waals surface area contributed by atoms with Gasteiger partial charge in [-0.05, 0) is 36.8 Å². The molecule has 0 amide bonds. The van der Waals surface area contributed by atoms with Crippen LogP contribution in [0.5, 0.6) is 5.75 Å². The number of hydrogen-bond acceptors (Lipinski definition) is 5. The number of ether oxygens (including phenoxy) is 1. The maximum atomic E-state index is 13.3. The molecule has 146 valence electrons. The molecule has 0 unspecified atom stereocenters. The zero-order valence-electron chi connectivity index (χ0n) is 16.5. The number of benzene rings is 2. The Morgan fingerprint density at radius 2 is 1.93 bits per heavy atom. The standard InChI is InChI=1S/C23H26N2O2S/c1-5-12-25(13-6-2)14-11-24-19-9-7-16(3)23-21(19)22(26)18-15-17(27-4)8-10-20(18)28-23/h5-10,15,24H,1-2,11-14H2,3-4H3. The highest BCUT2D eigenvalue weighted by molar-refractivity contribution is 7.24. The van der Waals surface area contributed by atoms with Gasteiger partial charge in [-0.2, -0.15) is 0 Å². The third-order valence-corrected chi connectivity index (χ3v) is 6.05. The molecule has 0 spiro atoms. The van der Waals surface area contributed by atoms with Crippen molar-refractivity contribution < 1.29 is 4.74 Å². The van der Waals surface area contributed by atoms with E-state index in [2.05, 4.69) is 29.4 Å². The van der Waals surface area contributed by atoms with E-state index in [1.54, 1.807) is 18.4 Å². The normalized spacial score (nSPS) is 11.1. The summed E-state index contributed by atoms with van der Waals surface area (Å²) in [7, 11) is 1.62. The van der Waals surface area contributed by atoms with Crippen molar-refractivity contribution in [3.05, 3.63) is 71.4 Å². The van der Waals surface area contributed by atoms with E-state index in [0.29, 0.717) is 11.1 Å². The summed E-state index contributed by atoms with van der Waals surface area (Å²) >= 11 is 1.65. The second-order valence-corrected chi connectivity index (χ2v) is 7.74. The molecule has 2 aromatic carbocycles. The number of aryl methyl sites for hydroxylation is 1. The van der Waals surface area contributed by atoms with Crippen LogP contribution in [-0.2, 0) is 0 Å². The molecule has 0 fully saturated rings. The monoisotopic (exact) mass is 394 g/mol. The van der Waals surface area contributed by atoms with E-state index in [1.807, 2.05) is 43.3 Å². The molecule has 1 heterocycles. The van der Waals surface area contributed by atoms with Crippen molar-refractivity contribution in [3.63, 3.8) is 0 Å². The zero-order valence-corrected chi connectivity index (χ0v) is 17.3. The lowest BCUT2D eigenvalue weighted by Gasteiger charge is -2.19. The van der Waals surface area contributed by atoms with E-state index in [1.165, 1.54) is 0 Å². The molecule has 3 rings (SSSR count). The Morgan fingerprint density at radius 3 is 2.61 bits per heavy atom. The molecule has 0 bridgehead atoms. The van der Waals surface area contributed by atoms with Crippen LogP contribution in [0, 0.1) is 6.92 Å². The first-order valence-corrected chi connectivity index (χ1v) is 10.1. The first-order chi connectivity index (χ1) is 13.6. The molecular weight excluding hydrogens is 368 g/mol. The summed E-state index contributed by atoms with van der Waals surface area (Å²) in [6, 6.07) is 9.76. The summed E-state index contributed by atoms with van der Waals surface area (Å²) in [6.07, 6.45) is 3.78. The van der Waals surface area contributed by atoms with Crippen molar-refractivity contribution in [2.24, 2.45) is 0 Å². The highest BCUT2D eigenvalue weighted by Gasteiger charge is 2.13. The van der Waals surface area contributed by atoms with Crippen LogP contribution in [0.2, 0.25) is 0 Å². The summed E-state index contributed by atoms with van der Waals surface area (Å²) in [6.45, 7) is 12.9. The lowest BCUT2D eigenvalue weighted by molar-refractivity contribution is 0.349. The number of anilines is 1. The van der Waals surface area contributed by atoms with E-state index in [4.69, 9.17) is 4.74 Å². The summed E-state index contributed by atoms with van der Waals surface area (Å²) in [5.41, 5.74) is 2.03. The third-order valence-electron chi connectivity index (χ3n) is 4.74. The number of nitrogens with zero attached hydrogens (tertiary/aromatic N) is 1. The largest absolute Gasteiger partial charge is 0.497 e. The highest BCUT2D eigenvalue weighted by atomic mass is 32.1. The van der Waals surface area contributed by atoms with Gasteiger partial charge < -0.3 is 10.1 Å². The Morgan fingerprint density at radius 1 is 1.18 bits per heavy atom. The summed E-state index contributed by atoms with van der Waals surface area (Å²) < 4.78 is 7.31. The van der Waals surface area contributed by atoms with Gasteiger partial charge in [0.2, 0.25) is 0 Å². The molecule has 1 aromatic heterocycles. The number of methoxy groups -OCH3 is 1. The van der Waals surface area contributed by atoms with Gasteiger partial charge in [-0.25, -0.2) is 0 Å². The van der Waals surface area contributed by atoms with E-state index in [-0.39, 0.29) is 5.43 Å². The topological polar surface area (TPSA) is 41.6 Å². The summed E-state index contributed by atoms with van der Waals surface area (Å²) in [4.78, 5) is 15.5. The SMILES string of the molecule is C=CCN(CC=C)CCNc1ccc(C)c2sc3ccc(OC)cc3c(=O)c12. The molecule has 4 nitrogen and oxygen atoms in total. The Labute approximate surface area is 169 Å². The molecule has 3 aromatic rings. The Balaban J connectivity index is 1.99. The molecule has 0 atom stereocenters. The maximum absolute atomic E-state index is 13.3. The van der Waals surface area contributed by atoms with Crippen molar-refractivity contribution in [3.8, 4) is 5.75 Å². The lowest BCUT2D eigenvalue weighted by atomic mass is 10.1. The van der Waals surface area contributed by atoms with Crippen LogP contribution in [0.3, 0.4) is 0 Å². The van der Waals surface area contributed by atoms with Crippen LogP contribution in [-0.4, -0.2) is 38.2 Å². The van der Waals surface area contributed by atoms with Crippen LogP contribution < -0.4 is 15.5 Å². The fourth-order valence-electron chi connectivity index (χ4n) is 3.31. The molecule has 28 heavy (non-hydrogen) atoms. The molecular formula is C23H26N2O2S. The minimum atomic E-state index is 0.0443. The molecule has 0 aliphatic heterocycles. The van der Waals surface area contributed by atoms with Crippen LogP contribution in [0.15, 0.2) is 60.4 Å². The van der Waals surface area contributed by atoms with Crippen LogP contribution in [0.4, 0.5) is 5.69 Å². The highest BCUT2D eigenvalue weighted by Crippen LogP contribution is 2.32. The second-order valence-electron chi connectivity index (χ2n) is 6.69. The van der Waals surface area contributed by atoms with E-state index in [0.717, 1.165) is 52.2 Å². The first-order valence-electron chi connectivity index (χ1n) is 9.31. The van der Waals surface area contributed by atoms with E-state index >= 15 is 0 Å². The van der Waals surface area contributed by atoms with Crippen LogP contribution >= 0.6 is 11.3 Å². The fraction of sp³-hybridized carbons (Fsp3) is 0.261. The average molecular weight is 395 g/mol. The van der Waals surface area contributed by atoms with Crippen LogP contribution in [0.1, 0.15) is 5.56 Å². The van der Waals surface area contributed by atoms with E-state index in [9.17, 15) is 4.79 Å². The van der Waals surface area contributed by atoms with Gasteiger partial charge in [0.15, 0.2) is 5.43 Å². The lowest BCUT2D eigenvalue weighted by Crippen LogP contribution is -2.29. The van der Waals surface area contributed by atoms with Gasteiger partial charge in [-0.3, -0.25) is 9.69 Å². The Kier molecular flexibility index (Phi) is 6.49. The van der Waals surface area contributed by atoms with Gasteiger partial charge in [-0.15, -0.1) is 24.5 Å². The summed E-state index contributed by atoms with van der Waals surface area (Å²) in [5, 5.41) is 4.92. The number of rotatable bonds is 9. The average Bonchev–Trinajstić information content (AvgIpc) is 2.70. The van der Waals surface area contributed by atoms with Crippen molar-refractivity contribution in [1.29, 1.82) is 0 Å². The number of fused-ring (bicyclic) bond motifs is 2. The smallest absolute Gasteiger partial charge is 0.198 e. The number of hydrogen-bond donors (Lipinski definition) is 1. The molecule has 0 radical (unpaired) electrons. The Hall–Kier alpha value is -2.63. The molecule has 1 N–H and O–H groups in total. The van der Waals surface area contributed by atoms with Gasteiger partial charge in [-0.1, -0.05) is 18.2 Å². The quantitative estimate of drug-likeness (QED) is 0.417. The minimum absolute atomic E-state index is 0.0443. The van der Waals surface area contributed by atoms with Gasteiger partial charge in [0.05, 0.1) is 12.5 Å².